The van der Waals surface area contributed by atoms with Crippen LogP contribution in [0.25, 0.3) is 0 Å². The molecular formula is C29H34O13. The molecule has 13 heteroatoms. The van der Waals surface area contributed by atoms with Gasteiger partial charge in [-0.1, -0.05) is 0 Å². The van der Waals surface area contributed by atoms with Crippen LogP contribution in [0.4, 0.5) is 0 Å². The van der Waals surface area contributed by atoms with Gasteiger partial charge in [-0.15, -0.1) is 0 Å². The molecule has 0 bridgehead atoms. The summed E-state index contributed by atoms with van der Waals surface area (Å²) in [6.07, 6.45) is -6.67. The number of aliphatic hydroxyl groups is 2. The average molecular weight is 591 g/mol. The van der Waals surface area contributed by atoms with Crippen LogP contribution in [0.5, 0.6) is 28.7 Å². The second-order valence-electron chi connectivity index (χ2n) is 10.6. The van der Waals surface area contributed by atoms with Crippen LogP contribution < -0.4 is 18.9 Å². The molecule has 2 fully saturated rings. The van der Waals surface area contributed by atoms with Crippen LogP contribution in [0.3, 0.4) is 0 Å². The summed E-state index contributed by atoms with van der Waals surface area (Å²) < 4.78 is 50.9. The van der Waals surface area contributed by atoms with Gasteiger partial charge in [0.2, 0.25) is 12.5 Å². The lowest BCUT2D eigenvalue weighted by atomic mass is 9.70. The fourth-order valence-corrected chi connectivity index (χ4v) is 6.22. The molecule has 0 radical (unpaired) electrons. The van der Waals surface area contributed by atoms with Crippen LogP contribution in [-0.4, -0.2) is 93.0 Å². The quantitative estimate of drug-likeness (QED) is 0.418. The highest BCUT2D eigenvalue weighted by Gasteiger charge is 2.51. The van der Waals surface area contributed by atoms with E-state index in [1.165, 1.54) is 21.3 Å². The summed E-state index contributed by atoms with van der Waals surface area (Å²) in [6, 6.07) is 6.85. The molecular weight excluding hydrogens is 556 g/mol. The number of aliphatic hydroxyl groups excluding tert-OH is 2. The van der Waals surface area contributed by atoms with Gasteiger partial charge in [0.1, 0.15) is 24.4 Å². The number of carbonyl (C=O) groups excluding carboxylic acids is 1. The van der Waals surface area contributed by atoms with Gasteiger partial charge in [-0.05, 0) is 54.3 Å². The Labute approximate surface area is 241 Å². The smallest absolute Gasteiger partial charge is 0.309 e. The third-order valence-electron chi connectivity index (χ3n) is 8.28. The molecule has 4 aliphatic rings. The number of rotatable bonds is 6. The maximum absolute atomic E-state index is 13.3. The SMILES string of the molecule is COC(=O)[C@H]1C[C@H](O[C@@H]2O[C@@H]3CO[C@@H](C)O[C@H]3[C@H](O)[C@H]2O)c2cc3c(cc2C1c1cc(OC)c(O)c(OC)c1)OCO3. The number of esters is 1. The summed E-state index contributed by atoms with van der Waals surface area (Å²) in [6.45, 7) is 1.87. The molecule has 1 unspecified atom stereocenters. The van der Waals surface area contributed by atoms with Gasteiger partial charge >= 0.3 is 5.97 Å². The van der Waals surface area contributed by atoms with Gasteiger partial charge in [0.15, 0.2) is 35.6 Å². The first kappa shape index (κ1) is 28.8. The van der Waals surface area contributed by atoms with Crippen LogP contribution in [0, 0.1) is 5.92 Å². The molecule has 0 aromatic heterocycles. The number of ether oxygens (including phenoxy) is 9. The highest BCUT2D eigenvalue weighted by atomic mass is 16.8. The minimum atomic E-state index is -1.44. The maximum Gasteiger partial charge on any atom is 0.309 e. The third-order valence-corrected chi connectivity index (χ3v) is 8.28. The van der Waals surface area contributed by atoms with Crippen molar-refractivity contribution in [3.05, 3.63) is 41.0 Å². The summed E-state index contributed by atoms with van der Waals surface area (Å²) in [5.74, 6) is -0.746. The molecule has 3 N–H and O–H groups in total. The van der Waals surface area contributed by atoms with E-state index in [9.17, 15) is 20.1 Å². The van der Waals surface area contributed by atoms with Gasteiger partial charge in [0.25, 0.3) is 0 Å². The van der Waals surface area contributed by atoms with Crippen molar-refractivity contribution in [2.45, 2.75) is 62.4 Å². The van der Waals surface area contributed by atoms with Crippen molar-refractivity contribution in [1.29, 1.82) is 0 Å². The summed E-state index contributed by atoms with van der Waals surface area (Å²) in [5, 5.41) is 32.4. The number of benzene rings is 2. The van der Waals surface area contributed by atoms with E-state index in [2.05, 4.69) is 0 Å². The maximum atomic E-state index is 13.3. The second-order valence-corrected chi connectivity index (χ2v) is 10.6. The standard InChI is InChI=1S/C29H34O13/c1-12-37-10-22-27(40-12)25(31)26(32)29(42-22)41-17-9-16(28(33)36-4)23(13-5-20(34-2)24(30)21(6-13)35-3)15-8-19-18(7-14(15)17)38-11-39-19/h5-8,12,16-17,22-23,25-27,29-32H,9-11H2,1-4H3/t12-,16+,17+,22-,23?,25-,26-,27-,29-/m1/s1. The first-order valence-corrected chi connectivity index (χ1v) is 13.6. The van der Waals surface area contributed by atoms with Crippen molar-refractivity contribution in [3.63, 3.8) is 0 Å². The average Bonchev–Trinajstić information content (AvgIpc) is 3.46. The number of hydrogen-bond acceptors (Lipinski definition) is 13. The zero-order valence-corrected chi connectivity index (χ0v) is 23.6. The second kappa shape index (κ2) is 11.4. The lowest BCUT2D eigenvalue weighted by molar-refractivity contribution is -0.362. The lowest BCUT2D eigenvalue weighted by Crippen LogP contribution is -2.63. The van der Waals surface area contributed by atoms with Crippen LogP contribution in [0.15, 0.2) is 24.3 Å². The topological polar surface area (TPSA) is 161 Å². The van der Waals surface area contributed by atoms with Gasteiger partial charge in [0.05, 0.1) is 40.0 Å². The van der Waals surface area contributed by atoms with Gasteiger partial charge in [-0.2, -0.15) is 0 Å². The molecule has 228 valence electrons. The Kier molecular flexibility index (Phi) is 7.81. The van der Waals surface area contributed by atoms with Crippen molar-refractivity contribution in [1.82, 2.24) is 0 Å². The Morgan fingerprint density at radius 2 is 1.60 bits per heavy atom. The Bertz CT molecular complexity index is 1300. The Morgan fingerprint density at radius 1 is 0.929 bits per heavy atom. The molecule has 1 aliphatic carbocycles. The first-order chi connectivity index (χ1) is 20.2. The Hall–Kier alpha value is -3.33. The zero-order valence-electron chi connectivity index (χ0n) is 23.6. The molecule has 42 heavy (non-hydrogen) atoms. The van der Waals surface area contributed by atoms with E-state index in [1.807, 2.05) is 0 Å². The van der Waals surface area contributed by atoms with Crippen molar-refractivity contribution in [2.75, 3.05) is 34.7 Å². The molecule has 0 saturated carbocycles. The minimum absolute atomic E-state index is 0.0217. The van der Waals surface area contributed by atoms with Crippen molar-refractivity contribution in [3.8, 4) is 28.7 Å². The highest BCUT2D eigenvalue weighted by molar-refractivity contribution is 5.76. The molecule has 2 saturated heterocycles. The van der Waals surface area contributed by atoms with Crippen LogP contribution in [0.2, 0.25) is 0 Å². The zero-order chi connectivity index (χ0) is 29.7. The highest BCUT2D eigenvalue weighted by Crippen LogP contribution is 2.53. The van der Waals surface area contributed by atoms with E-state index >= 15 is 0 Å². The molecule has 0 spiro atoms. The number of carbonyl (C=O) groups is 1. The number of phenols is 1. The molecule has 3 aliphatic heterocycles. The largest absolute Gasteiger partial charge is 0.502 e. The van der Waals surface area contributed by atoms with Crippen LogP contribution >= 0.6 is 0 Å². The summed E-state index contributed by atoms with van der Waals surface area (Å²) in [4.78, 5) is 13.3. The van der Waals surface area contributed by atoms with Gasteiger partial charge in [-0.3, -0.25) is 4.79 Å². The van der Waals surface area contributed by atoms with Crippen molar-refractivity contribution in [2.24, 2.45) is 5.92 Å². The predicted octanol–water partition coefficient (Wildman–Crippen LogP) is 1.73. The normalized spacial score (nSPS) is 33.3. The number of aromatic hydroxyl groups is 1. The van der Waals surface area contributed by atoms with Crippen LogP contribution in [-0.2, 0) is 28.5 Å². The molecule has 2 aromatic rings. The number of fused-ring (bicyclic) bond motifs is 3. The monoisotopic (exact) mass is 590 g/mol. The Balaban J connectivity index is 1.42. The number of hydrogen-bond donors (Lipinski definition) is 3. The molecule has 9 atom stereocenters. The van der Waals surface area contributed by atoms with E-state index in [4.69, 9.17) is 42.6 Å². The predicted molar refractivity (Wildman–Crippen MR) is 141 cm³/mol. The van der Waals surface area contributed by atoms with E-state index in [0.29, 0.717) is 28.2 Å². The van der Waals surface area contributed by atoms with Crippen molar-refractivity contribution < 1.29 is 62.7 Å². The van der Waals surface area contributed by atoms with Crippen LogP contribution in [0.1, 0.15) is 42.1 Å². The third kappa shape index (κ3) is 4.89. The summed E-state index contributed by atoms with van der Waals surface area (Å²) >= 11 is 0. The fraction of sp³-hybridized carbons (Fsp3) is 0.552. The fourth-order valence-electron chi connectivity index (χ4n) is 6.22. The molecule has 6 rings (SSSR count). The minimum Gasteiger partial charge on any atom is -0.502 e. The van der Waals surface area contributed by atoms with E-state index < -0.39 is 60.9 Å². The van der Waals surface area contributed by atoms with Crippen molar-refractivity contribution >= 4 is 5.97 Å². The van der Waals surface area contributed by atoms with Gasteiger partial charge in [-0.25, -0.2) is 0 Å². The van der Waals surface area contributed by atoms with E-state index in [0.717, 1.165) is 0 Å². The summed E-state index contributed by atoms with van der Waals surface area (Å²) in [5.41, 5.74) is 1.95. The molecule has 2 aromatic carbocycles. The summed E-state index contributed by atoms with van der Waals surface area (Å²) in [7, 11) is 4.14. The molecule has 3 heterocycles. The number of methoxy groups -OCH3 is 3. The number of phenolic OH excluding ortho intramolecular Hbond substituents is 1. The van der Waals surface area contributed by atoms with E-state index in [1.54, 1.807) is 31.2 Å². The first-order valence-electron chi connectivity index (χ1n) is 13.6. The lowest BCUT2D eigenvalue weighted by Gasteiger charge is -2.47. The Morgan fingerprint density at radius 3 is 2.24 bits per heavy atom. The van der Waals surface area contributed by atoms with Gasteiger partial charge < -0.3 is 58.0 Å². The molecule has 13 nitrogen and oxygen atoms in total. The van der Waals surface area contributed by atoms with E-state index in [-0.39, 0.29) is 37.1 Å². The molecule has 0 amide bonds. The van der Waals surface area contributed by atoms with Gasteiger partial charge in [0, 0.05) is 5.92 Å².